The molecule has 1 amide bonds. The summed E-state index contributed by atoms with van der Waals surface area (Å²) in [4.78, 5) is 19.4. The monoisotopic (exact) mass is 313 g/mol. The van der Waals surface area contributed by atoms with Crippen LogP contribution in [-0.2, 0) is 0 Å². The van der Waals surface area contributed by atoms with Gasteiger partial charge < -0.3 is 5.32 Å². The topological polar surface area (TPSA) is 46.4 Å². The Bertz CT molecular complexity index is 946. The van der Waals surface area contributed by atoms with Crippen molar-refractivity contribution in [2.75, 3.05) is 5.32 Å². The van der Waals surface area contributed by atoms with Gasteiger partial charge in [0.2, 0.25) is 0 Å². The predicted molar refractivity (Wildman–Crippen MR) is 87.6 cm³/mol. The fraction of sp³-hybridized carbons (Fsp3) is 0.0667. The van der Waals surface area contributed by atoms with Crippen LogP contribution in [0, 0.1) is 6.92 Å². The van der Waals surface area contributed by atoms with Crippen molar-refractivity contribution in [1.82, 2.24) is 9.38 Å². The van der Waals surface area contributed by atoms with E-state index in [1.54, 1.807) is 11.3 Å². The van der Waals surface area contributed by atoms with Crippen molar-refractivity contribution >= 4 is 49.6 Å². The van der Waals surface area contributed by atoms with Gasteiger partial charge in [0.25, 0.3) is 5.91 Å². The summed E-state index contributed by atoms with van der Waals surface area (Å²) < 4.78 is 2.01. The Balaban J connectivity index is 1.66. The average molecular weight is 313 g/mol. The fourth-order valence-electron chi connectivity index (χ4n) is 2.19. The van der Waals surface area contributed by atoms with Gasteiger partial charge >= 0.3 is 0 Å². The molecule has 21 heavy (non-hydrogen) atoms. The van der Waals surface area contributed by atoms with Gasteiger partial charge in [-0.2, -0.15) is 0 Å². The Morgan fingerprint density at radius 3 is 2.90 bits per heavy atom. The molecule has 4 rings (SSSR count). The highest BCUT2D eigenvalue weighted by Crippen LogP contribution is 2.28. The number of carbonyl (C=O) groups excluding carboxylic acids is 1. The molecule has 0 bridgehead atoms. The zero-order valence-electron chi connectivity index (χ0n) is 11.2. The van der Waals surface area contributed by atoms with Gasteiger partial charge in [-0.25, -0.2) is 4.98 Å². The van der Waals surface area contributed by atoms with Crippen LogP contribution in [0.4, 0.5) is 5.69 Å². The van der Waals surface area contributed by atoms with Gasteiger partial charge in [-0.1, -0.05) is 17.7 Å². The Kier molecular flexibility index (Phi) is 2.80. The van der Waals surface area contributed by atoms with Crippen LogP contribution in [0.5, 0.6) is 0 Å². The van der Waals surface area contributed by atoms with Crippen molar-refractivity contribution in [3.05, 3.63) is 52.3 Å². The lowest BCUT2D eigenvalue weighted by molar-refractivity contribution is 0.103. The Labute approximate surface area is 128 Å². The first kappa shape index (κ1) is 12.6. The molecule has 0 radical (unpaired) electrons. The van der Waals surface area contributed by atoms with Crippen LogP contribution < -0.4 is 5.32 Å². The number of aryl methyl sites for hydroxylation is 1. The first-order chi connectivity index (χ1) is 10.2. The van der Waals surface area contributed by atoms with E-state index in [4.69, 9.17) is 0 Å². The number of thiophene rings is 1. The molecule has 104 valence electrons. The lowest BCUT2D eigenvalue weighted by Gasteiger charge is -2.03. The fourth-order valence-corrected chi connectivity index (χ4v) is 3.88. The number of fused-ring (bicyclic) bond motifs is 3. The van der Waals surface area contributed by atoms with Crippen LogP contribution in [0.25, 0.3) is 15.3 Å². The summed E-state index contributed by atoms with van der Waals surface area (Å²) in [5.74, 6) is -0.0918. The van der Waals surface area contributed by atoms with Crippen LogP contribution in [0.3, 0.4) is 0 Å². The molecule has 0 saturated carbocycles. The lowest BCUT2D eigenvalue weighted by atomic mass is 10.2. The number of nitrogens with one attached hydrogen (secondary N) is 1. The number of hydrogen-bond acceptors (Lipinski definition) is 4. The van der Waals surface area contributed by atoms with E-state index in [1.807, 2.05) is 53.2 Å². The van der Waals surface area contributed by atoms with Crippen molar-refractivity contribution in [3.63, 3.8) is 0 Å². The summed E-state index contributed by atoms with van der Waals surface area (Å²) in [5.41, 5.74) is 2.97. The van der Waals surface area contributed by atoms with E-state index in [1.165, 1.54) is 16.9 Å². The number of imidazole rings is 1. The smallest absolute Gasteiger partial charge is 0.265 e. The second-order valence-electron chi connectivity index (χ2n) is 4.79. The minimum Gasteiger partial charge on any atom is -0.321 e. The molecule has 4 aromatic rings. The molecule has 0 aliphatic heterocycles. The third kappa shape index (κ3) is 2.12. The molecule has 0 fully saturated rings. The summed E-state index contributed by atoms with van der Waals surface area (Å²) in [7, 11) is 0. The average Bonchev–Trinajstić information content (AvgIpc) is 3.12. The third-order valence-corrected chi connectivity index (χ3v) is 5.05. The van der Waals surface area contributed by atoms with Gasteiger partial charge in [-0.3, -0.25) is 9.20 Å². The molecule has 0 aliphatic rings. The largest absolute Gasteiger partial charge is 0.321 e. The number of aromatic nitrogens is 2. The van der Waals surface area contributed by atoms with Gasteiger partial charge in [0.1, 0.15) is 4.83 Å². The van der Waals surface area contributed by atoms with Crippen LogP contribution in [0.2, 0.25) is 0 Å². The van der Waals surface area contributed by atoms with Gasteiger partial charge in [-0.15, -0.1) is 22.7 Å². The second kappa shape index (κ2) is 4.68. The first-order valence-corrected chi connectivity index (χ1v) is 8.13. The number of amides is 1. The highest BCUT2D eigenvalue weighted by atomic mass is 32.1. The highest BCUT2D eigenvalue weighted by Gasteiger charge is 2.15. The number of hydrogen-bond donors (Lipinski definition) is 1. The standard InChI is InChI=1S/C15H11N3OS2/c1-9-2-4-10(5-3-9)16-13(19)12-8-11-14(21-12)17-15-18(11)6-7-20-15/h2-8H,1H3,(H,16,19). The first-order valence-electron chi connectivity index (χ1n) is 6.44. The van der Waals surface area contributed by atoms with Crippen LogP contribution in [0.1, 0.15) is 15.2 Å². The van der Waals surface area contributed by atoms with E-state index in [0.717, 1.165) is 21.0 Å². The SMILES string of the molecule is Cc1ccc(NC(=O)c2cc3c(nc4sccn43)s2)cc1. The molecule has 6 heteroatoms. The molecule has 3 aromatic heterocycles. The van der Waals surface area contributed by atoms with Crippen molar-refractivity contribution < 1.29 is 4.79 Å². The number of rotatable bonds is 2. The third-order valence-electron chi connectivity index (χ3n) is 3.27. The Morgan fingerprint density at radius 2 is 2.10 bits per heavy atom. The molecule has 0 saturated heterocycles. The normalized spacial score (nSPS) is 11.3. The van der Waals surface area contributed by atoms with Crippen molar-refractivity contribution in [2.45, 2.75) is 6.92 Å². The molecular formula is C15H11N3OS2. The zero-order chi connectivity index (χ0) is 14.4. The minimum absolute atomic E-state index is 0.0918. The molecule has 0 atom stereocenters. The molecule has 1 N–H and O–H groups in total. The maximum Gasteiger partial charge on any atom is 0.265 e. The maximum absolute atomic E-state index is 12.3. The van der Waals surface area contributed by atoms with Crippen molar-refractivity contribution in [1.29, 1.82) is 0 Å². The van der Waals surface area contributed by atoms with E-state index in [2.05, 4.69) is 10.3 Å². The van der Waals surface area contributed by atoms with E-state index < -0.39 is 0 Å². The minimum atomic E-state index is -0.0918. The van der Waals surface area contributed by atoms with Gasteiger partial charge in [0, 0.05) is 17.3 Å². The summed E-state index contributed by atoms with van der Waals surface area (Å²) in [6.07, 6.45) is 1.98. The number of carbonyl (C=O) groups is 1. The predicted octanol–water partition coefficient (Wildman–Crippen LogP) is 4.17. The zero-order valence-corrected chi connectivity index (χ0v) is 12.8. The number of thiazole rings is 1. The van der Waals surface area contributed by atoms with E-state index in [0.29, 0.717) is 4.88 Å². The Morgan fingerprint density at radius 1 is 1.29 bits per heavy atom. The number of anilines is 1. The number of nitrogens with zero attached hydrogens (tertiary/aromatic N) is 2. The van der Waals surface area contributed by atoms with Gasteiger partial charge in [0.15, 0.2) is 4.96 Å². The highest BCUT2D eigenvalue weighted by molar-refractivity contribution is 7.21. The molecule has 0 aliphatic carbocycles. The second-order valence-corrected chi connectivity index (χ2v) is 6.69. The molecule has 0 unspecified atom stereocenters. The molecule has 4 nitrogen and oxygen atoms in total. The van der Waals surface area contributed by atoms with E-state index >= 15 is 0 Å². The van der Waals surface area contributed by atoms with Crippen molar-refractivity contribution in [3.8, 4) is 0 Å². The lowest BCUT2D eigenvalue weighted by Crippen LogP contribution is -2.09. The summed E-state index contributed by atoms with van der Waals surface area (Å²) >= 11 is 3.01. The van der Waals surface area contributed by atoms with E-state index in [9.17, 15) is 4.79 Å². The molecular weight excluding hydrogens is 302 g/mol. The van der Waals surface area contributed by atoms with Gasteiger partial charge in [-0.05, 0) is 25.1 Å². The van der Waals surface area contributed by atoms with E-state index in [-0.39, 0.29) is 5.91 Å². The van der Waals surface area contributed by atoms with Crippen LogP contribution in [0.15, 0.2) is 41.9 Å². The van der Waals surface area contributed by atoms with Crippen LogP contribution in [-0.4, -0.2) is 15.3 Å². The quantitative estimate of drug-likeness (QED) is 0.603. The summed E-state index contributed by atoms with van der Waals surface area (Å²) in [5, 5.41) is 4.91. The Hall–Kier alpha value is -2.18. The van der Waals surface area contributed by atoms with Crippen LogP contribution >= 0.6 is 22.7 Å². The molecule has 3 heterocycles. The maximum atomic E-state index is 12.3. The molecule has 1 aromatic carbocycles. The summed E-state index contributed by atoms with van der Waals surface area (Å²) in [6.45, 7) is 2.02. The molecule has 0 spiro atoms. The summed E-state index contributed by atoms with van der Waals surface area (Å²) in [6, 6.07) is 9.67. The van der Waals surface area contributed by atoms with Crippen molar-refractivity contribution in [2.24, 2.45) is 0 Å². The van der Waals surface area contributed by atoms with Gasteiger partial charge in [0.05, 0.1) is 10.4 Å². The number of benzene rings is 1.